The van der Waals surface area contributed by atoms with Gasteiger partial charge in [0.15, 0.2) is 0 Å². The van der Waals surface area contributed by atoms with Crippen LogP contribution in [0.15, 0.2) is 128 Å². The van der Waals surface area contributed by atoms with Crippen molar-refractivity contribution in [2.24, 2.45) is 0 Å². The van der Waals surface area contributed by atoms with Crippen LogP contribution in [0, 0.1) is 13.8 Å². The monoisotopic (exact) mass is 557 g/mol. The van der Waals surface area contributed by atoms with Crippen LogP contribution in [0.4, 0.5) is 0 Å². The van der Waals surface area contributed by atoms with Crippen LogP contribution in [0.1, 0.15) is 11.1 Å². The number of benzene rings is 4. The first-order chi connectivity index (χ1) is 21.2. The maximum atomic E-state index is 6.25. The molecular weight excluding hydrogens is 530 g/mol. The maximum Gasteiger partial charge on any atom is 0.223 e. The fraction of sp³-hybridized carbons (Fsp3) is 0.0541. The molecule has 206 valence electrons. The van der Waals surface area contributed by atoms with Crippen molar-refractivity contribution in [3.8, 4) is 34.5 Å². The third kappa shape index (κ3) is 4.15. The van der Waals surface area contributed by atoms with Gasteiger partial charge in [-0.3, -0.25) is 9.13 Å². The van der Waals surface area contributed by atoms with Gasteiger partial charge in [-0.05, 0) is 60.9 Å². The molecule has 0 aliphatic carbocycles. The number of rotatable bonds is 5. The second kappa shape index (κ2) is 9.96. The van der Waals surface area contributed by atoms with E-state index in [9.17, 15) is 0 Å². The van der Waals surface area contributed by atoms with E-state index < -0.39 is 0 Å². The summed E-state index contributed by atoms with van der Waals surface area (Å²) in [6.45, 7) is 4.29. The van der Waals surface area contributed by atoms with Gasteiger partial charge in [0.2, 0.25) is 11.8 Å². The van der Waals surface area contributed by atoms with Crippen molar-refractivity contribution in [3.63, 3.8) is 0 Å². The molecule has 6 nitrogen and oxygen atoms in total. The summed E-state index contributed by atoms with van der Waals surface area (Å²) >= 11 is 0. The number of hydrogen-bond acceptors (Lipinski definition) is 4. The predicted octanol–water partition coefficient (Wildman–Crippen LogP) is 8.99. The number of ether oxygens (including phenoxy) is 1. The molecule has 0 unspecified atom stereocenters. The number of nitrogens with zero attached hydrogens (tertiary/aromatic N) is 5. The largest absolute Gasteiger partial charge is 0.421 e. The van der Waals surface area contributed by atoms with Crippen LogP contribution < -0.4 is 4.74 Å². The van der Waals surface area contributed by atoms with Gasteiger partial charge in [0.1, 0.15) is 18.0 Å². The number of pyridine rings is 2. The van der Waals surface area contributed by atoms with E-state index in [0.717, 1.165) is 39.3 Å². The van der Waals surface area contributed by atoms with Gasteiger partial charge in [-0.2, -0.15) is 9.97 Å². The molecule has 6 heteroatoms. The van der Waals surface area contributed by atoms with E-state index in [4.69, 9.17) is 19.7 Å². The summed E-state index contributed by atoms with van der Waals surface area (Å²) in [6, 6.07) is 41.0. The van der Waals surface area contributed by atoms with Crippen molar-refractivity contribution in [1.82, 2.24) is 24.1 Å². The fourth-order valence-corrected chi connectivity index (χ4v) is 6.12. The summed E-state index contributed by atoms with van der Waals surface area (Å²) in [5, 5.41) is 2.38. The Balaban J connectivity index is 1.16. The van der Waals surface area contributed by atoms with Gasteiger partial charge >= 0.3 is 0 Å². The summed E-state index contributed by atoms with van der Waals surface area (Å²) in [4.78, 5) is 14.6. The lowest BCUT2D eigenvalue weighted by Gasteiger charge is -2.12. The van der Waals surface area contributed by atoms with Gasteiger partial charge in [-0.1, -0.05) is 78.9 Å². The quantitative estimate of drug-likeness (QED) is 0.212. The Morgan fingerprint density at radius 1 is 0.535 bits per heavy atom. The van der Waals surface area contributed by atoms with E-state index in [1.54, 1.807) is 0 Å². The molecule has 0 amide bonds. The number of hydrogen-bond donors (Lipinski definition) is 0. The van der Waals surface area contributed by atoms with Crippen LogP contribution >= 0.6 is 0 Å². The molecule has 4 heterocycles. The van der Waals surface area contributed by atoms with Gasteiger partial charge in [0.05, 0.1) is 22.1 Å². The van der Waals surface area contributed by atoms with Crippen LogP contribution in [0.25, 0.3) is 55.6 Å². The SMILES string of the molecule is Cc1cccc(C)c1-c1cccc2c1ncn2-c1cccc(Oc2cccc(-n3c4ccccc4c4ccccc43)n2)n1. The molecule has 0 aliphatic rings. The minimum absolute atomic E-state index is 0.456. The first-order valence-corrected chi connectivity index (χ1v) is 14.3. The summed E-state index contributed by atoms with van der Waals surface area (Å²) in [6.07, 6.45) is 1.83. The molecule has 4 aromatic heterocycles. The highest BCUT2D eigenvalue weighted by Crippen LogP contribution is 2.34. The lowest BCUT2D eigenvalue weighted by atomic mass is 9.95. The molecule has 0 spiro atoms. The van der Waals surface area contributed by atoms with E-state index in [1.807, 2.05) is 47.3 Å². The van der Waals surface area contributed by atoms with E-state index in [0.29, 0.717) is 11.8 Å². The van der Waals surface area contributed by atoms with E-state index in [1.165, 1.54) is 27.5 Å². The molecule has 0 saturated heterocycles. The first kappa shape index (κ1) is 25.0. The second-order valence-corrected chi connectivity index (χ2v) is 10.7. The Labute approximate surface area is 248 Å². The van der Waals surface area contributed by atoms with Crippen molar-refractivity contribution < 1.29 is 4.74 Å². The molecule has 0 saturated carbocycles. The van der Waals surface area contributed by atoms with Gasteiger partial charge in [-0.25, -0.2) is 4.98 Å². The zero-order valence-corrected chi connectivity index (χ0v) is 23.8. The molecule has 8 rings (SSSR count). The smallest absolute Gasteiger partial charge is 0.223 e. The minimum atomic E-state index is 0.456. The number of imidazole rings is 1. The van der Waals surface area contributed by atoms with Crippen molar-refractivity contribution in [2.45, 2.75) is 13.8 Å². The Hall–Kier alpha value is -5.75. The number of fused-ring (bicyclic) bond motifs is 4. The molecule has 0 fully saturated rings. The standard InChI is InChI=1S/C37H27N5O/c1-24-11-7-12-25(2)36(24)28-15-8-18-31-37(28)38-23-41(31)32-19-9-21-34(39-32)43-35-22-10-20-33(40-35)42-29-16-5-3-13-26(29)27-14-4-6-17-30(27)42/h3-23H,1-2H3. The molecule has 0 aliphatic heterocycles. The summed E-state index contributed by atoms with van der Waals surface area (Å²) < 4.78 is 10.4. The normalized spacial score (nSPS) is 11.5. The third-order valence-electron chi connectivity index (χ3n) is 8.01. The number of aromatic nitrogens is 5. The molecule has 8 aromatic rings. The van der Waals surface area contributed by atoms with Gasteiger partial charge in [-0.15, -0.1) is 0 Å². The van der Waals surface area contributed by atoms with Gasteiger partial charge in [0.25, 0.3) is 0 Å². The number of aryl methyl sites for hydroxylation is 2. The predicted molar refractivity (Wildman–Crippen MR) is 172 cm³/mol. The van der Waals surface area contributed by atoms with Crippen molar-refractivity contribution >= 4 is 32.8 Å². The van der Waals surface area contributed by atoms with Crippen molar-refractivity contribution in [2.75, 3.05) is 0 Å². The van der Waals surface area contributed by atoms with E-state index in [-0.39, 0.29) is 0 Å². The highest BCUT2D eigenvalue weighted by atomic mass is 16.5. The summed E-state index contributed by atoms with van der Waals surface area (Å²) in [5.74, 6) is 2.43. The van der Waals surface area contributed by atoms with E-state index >= 15 is 0 Å². The van der Waals surface area contributed by atoms with Crippen LogP contribution in [0.2, 0.25) is 0 Å². The van der Waals surface area contributed by atoms with Crippen LogP contribution in [-0.4, -0.2) is 24.1 Å². The third-order valence-corrected chi connectivity index (χ3v) is 8.01. The topological polar surface area (TPSA) is 57.8 Å². The molecule has 4 aromatic carbocycles. The van der Waals surface area contributed by atoms with E-state index in [2.05, 4.69) is 103 Å². The Bertz CT molecular complexity index is 2240. The molecule has 0 radical (unpaired) electrons. The van der Waals surface area contributed by atoms with Gasteiger partial charge in [0, 0.05) is 28.5 Å². The van der Waals surface area contributed by atoms with Crippen LogP contribution in [0.5, 0.6) is 11.8 Å². The first-order valence-electron chi connectivity index (χ1n) is 14.3. The molecule has 0 N–H and O–H groups in total. The molecule has 0 bridgehead atoms. The van der Waals surface area contributed by atoms with Crippen molar-refractivity contribution in [3.05, 3.63) is 139 Å². The number of para-hydroxylation sites is 3. The lowest BCUT2D eigenvalue weighted by Crippen LogP contribution is -2.00. The molecule has 0 atom stereocenters. The average molecular weight is 558 g/mol. The zero-order valence-electron chi connectivity index (χ0n) is 23.8. The van der Waals surface area contributed by atoms with Crippen molar-refractivity contribution in [1.29, 1.82) is 0 Å². The van der Waals surface area contributed by atoms with Crippen LogP contribution in [-0.2, 0) is 0 Å². The summed E-state index contributed by atoms with van der Waals surface area (Å²) in [7, 11) is 0. The minimum Gasteiger partial charge on any atom is -0.421 e. The Kier molecular flexibility index (Phi) is 5.79. The Morgan fingerprint density at radius 2 is 1.09 bits per heavy atom. The molecular formula is C37H27N5O. The maximum absolute atomic E-state index is 6.25. The highest BCUT2D eigenvalue weighted by molar-refractivity contribution is 6.09. The second-order valence-electron chi connectivity index (χ2n) is 10.7. The van der Waals surface area contributed by atoms with Gasteiger partial charge < -0.3 is 4.74 Å². The summed E-state index contributed by atoms with van der Waals surface area (Å²) in [5.41, 5.74) is 8.91. The molecule has 43 heavy (non-hydrogen) atoms. The fourth-order valence-electron chi connectivity index (χ4n) is 6.12. The Morgan fingerprint density at radius 3 is 1.79 bits per heavy atom. The average Bonchev–Trinajstić information content (AvgIpc) is 3.62. The highest BCUT2D eigenvalue weighted by Gasteiger charge is 2.16. The van der Waals surface area contributed by atoms with Crippen LogP contribution in [0.3, 0.4) is 0 Å². The zero-order chi connectivity index (χ0) is 28.9. The lowest BCUT2D eigenvalue weighted by molar-refractivity contribution is 0.443.